The number of aromatic nitrogens is 2. The van der Waals surface area contributed by atoms with E-state index in [1.54, 1.807) is 48.1 Å². The fourth-order valence-corrected chi connectivity index (χ4v) is 4.71. The first-order valence-electron chi connectivity index (χ1n) is 11.0. The number of para-hydroxylation sites is 1. The second-order valence-corrected chi connectivity index (χ2v) is 9.41. The van der Waals surface area contributed by atoms with Crippen molar-refractivity contribution in [3.05, 3.63) is 87.1 Å². The van der Waals surface area contributed by atoms with Gasteiger partial charge in [-0.2, -0.15) is 0 Å². The molecule has 4 aromatic rings. The van der Waals surface area contributed by atoms with E-state index in [2.05, 4.69) is 21.2 Å². The Bertz CT molecular complexity index is 1410. The van der Waals surface area contributed by atoms with Crippen LogP contribution in [0.1, 0.15) is 12.5 Å². The van der Waals surface area contributed by atoms with E-state index in [0.29, 0.717) is 34.1 Å². The molecule has 4 rings (SSSR count). The summed E-state index contributed by atoms with van der Waals surface area (Å²) in [4.78, 5) is 30.8. The maximum Gasteiger partial charge on any atom is 0.262 e. The quantitative estimate of drug-likeness (QED) is 0.222. The van der Waals surface area contributed by atoms with E-state index in [9.17, 15) is 9.59 Å². The number of methoxy groups -OCH3 is 1. The second-order valence-electron chi connectivity index (χ2n) is 7.55. The van der Waals surface area contributed by atoms with Crippen LogP contribution in [-0.4, -0.2) is 34.9 Å². The van der Waals surface area contributed by atoms with Crippen LogP contribution in [0.2, 0.25) is 0 Å². The van der Waals surface area contributed by atoms with Crippen LogP contribution in [0.15, 0.2) is 81.2 Å². The molecule has 0 saturated carbocycles. The van der Waals surface area contributed by atoms with E-state index in [1.165, 1.54) is 11.8 Å². The molecule has 0 aliphatic rings. The van der Waals surface area contributed by atoms with Crippen LogP contribution < -0.4 is 20.3 Å². The third-order valence-corrected chi connectivity index (χ3v) is 6.65. The normalized spacial score (nSPS) is 10.8. The van der Waals surface area contributed by atoms with Gasteiger partial charge in [0.2, 0.25) is 5.91 Å². The van der Waals surface area contributed by atoms with Gasteiger partial charge in [0.25, 0.3) is 5.56 Å². The number of carbonyl (C=O) groups is 1. The number of hydrogen-bond acceptors (Lipinski definition) is 6. The SMILES string of the molecule is CCOc1ccc(NC(=O)CSc2nc3ccc(Br)cc3c(=O)n2Cc2ccccc2OC)cc1. The topological polar surface area (TPSA) is 82.5 Å². The molecule has 0 unspecified atom stereocenters. The molecule has 0 fully saturated rings. The van der Waals surface area contributed by atoms with Crippen molar-refractivity contribution >= 4 is 50.2 Å². The molecule has 0 atom stereocenters. The fraction of sp³-hybridized carbons (Fsp3) is 0.192. The minimum Gasteiger partial charge on any atom is -0.496 e. The van der Waals surface area contributed by atoms with Gasteiger partial charge in [-0.05, 0) is 55.5 Å². The van der Waals surface area contributed by atoms with Gasteiger partial charge >= 0.3 is 0 Å². The molecule has 9 heteroatoms. The molecule has 0 aliphatic heterocycles. The lowest BCUT2D eigenvalue weighted by molar-refractivity contribution is -0.113. The molecule has 35 heavy (non-hydrogen) atoms. The van der Waals surface area contributed by atoms with Gasteiger partial charge in [-0.3, -0.25) is 14.2 Å². The molecule has 0 saturated heterocycles. The van der Waals surface area contributed by atoms with Crippen molar-refractivity contribution in [1.82, 2.24) is 9.55 Å². The maximum atomic E-state index is 13.5. The van der Waals surface area contributed by atoms with Crippen LogP contribution in [0, 0.1) is 0 Å². The fourth-order valence-electron chi connectivity index (χ4n) is 3.55. The molecular formula is C26H24BrN3O4S. The molecule has 1 aromatic heterocycles. The minimum atomic E-state index is -0.201. The van der Waals surface area contributed by atoms with Crippen LogP contribution in [0.4, 0.5) is 5.69 Å². The molecule has 1 heterocycles. The van der Waals surface area contributed by atoms with E-state index in [-0.39, 0.29) is 23.8 Å². The Balaban J connectivity index is 1.60. The number of rotatable bonds is 9. The van der Waals surface area contributed by atoms with Gasteiger partial charge in [0.15, 0.2) is 5.16 Å². The Morgan fingerprint density at radius 1 is 1.11 bits per heavy atom. The molecule has 1 amide bonds. The minimum absolute atomic E-state index is 0.0909. The number of anilines is 1. The molecule has 0 spiro atoms. The number of nitrogens with one attached hydrogen (secondary N) is 1. The molecule has 0 bridgehead atoms. The Morgan fingerprint density at radius 2 is 1.89 bits per heavy atom. The molecule has 3 aromatic carbocycles. The van der Waals surface area contributed by atoms with Crippen molar-refractivity contribution in [1.29, 1.82) is 0 Å². The third-order valence-electron chi connectivity index (χ3n) is 5.18. The summed E-state index contributed by atoms with van der Waals surface area (Å²) in [6.07, 6.45) is 0. The van der Waals surface area contributed by atoms with Crippen LogP contribution in [0.3, 0.4) is 0 Å². The van der Waals surface area contributed by atoms with Crippen LogP contribution >= 0.6 is 27.7 Å². The number of hydrogen-bond donors (Lipinski definition) is 1. The number of halogens is 1. The monoisotopic (exact) mass is 553 g/mol. The van der Waals surface area contributed by atoms with E-state index in [0.717, 1.165) is 15.8 Å². The van der Waals surface area contributed by atoms with Gasteiger partial charge in [0.1, 0.15) is 11.5 Å². The summed E-state index contributed by atoms with van der Waals surface area (Å²) in [6.45, 7) is 2.76. The van der Waals surface area contributed by atoms with E-state index in [1.807, 2.05) is 37.3 Å². The highest BCUT2D eigenvalue weighted by atomic mass is 79.9. The van der Waals surface area contributed by atoms with Gasteiger partial charge in [-0.25, -0.2) is 4.98 Å². The zero-order valence-electron chi connectivity index (χ0n) is 19.3. The van der Waals surface area contributed by atoms with Crippen molar-refractivity contribution in [2.75, 3.05) is 24.8 Å². The molecular weight excluding hydrogens is 530 g/mol. The number of fused-ring (bicyclic) bond motifs is 1. The number of ether oxygens (including phenoxy) is 2. The molecule has 1 N–H and O–H groups in total. The predicted octanol–water partition coefficient (Wildman–Crippen LogP) is 5.35. The van der Waals surface area contributed by atoms with E-state index >= 15 is 0 Å². The van der Waals surface area contributed by atoms with Crippen LogP contribution in [0.5, 0.6) is 11.5 Å². The second kappa shape index (κ2) is 11.4. The van der Waals surface area contributed by atoms with Crippen molar-refractivity contribution in [3.8, 4) is 11.5 Å². The Morgan fingerprint density at radius 3 is 2.63 bits per heavy atom. The van der Waals surface area contributed by atoms with E-state index in [4.69, 9.17) is 14.5 Å². The molecule has 7 nitrogen and oxygen atoms in total. The Labute approximate surface area is 215 Å². The highest BCUT2D eigenvalue weighted by Crippen LogP contribution is 2.24. The third kappa shape index (κ3) is 6.04. The zero-order valence-corrected chi connectivity index (χ0v) is 21.7. The van der Waals surface area contributed by atoms with Crippen molar-refractivity contribution < 1.29 is 14.3 Å². The van der Waals surface area contributed by atoms with Gasteiger partial charge < -0.3 is 14.8 Å². The predicted molar refractivity (Wildman–Crippen MR) is 143 cm³/mol. The number of benzene rings is 3. The number of thioether (sulfide) groups is 1. The van der Waals surface area contributed by atoms with Crippen molar-refractivity contribution in [2.24, 2.45) is 0 Å². The van der Waals surface area contributed by atoms with Crippen LogP contribution in [-0.2, 0) is 11.3 Å². The lowest BCUT2D eigenvalue weighted by atomic mass is 10.2. The zero-order chi connectivity index (χ0) is 24.8. The first kappa shape index (κ1) is 24.8. The Kier molecular flexibility index (Phi) is 8.09. The van der Waals surface area contributed by atoms with Gasteiger partial charge in [0, 0.05) is 15.7 Å². The Hall–Kier alpha value is -3.30. The van der Waals surface area contributed by atoms with Gasteiger partial charge in [-0.15, -0.1) is 0 Å². The first-order chi connectivity index (χ1) is 17.0. The standard InChI is InChI=1S/C26H24BrN3O4S/c1-3-34-20-11-9-19(10-12-20)28-24(31)16-35-26-29-22-13-8-18(27)14-21(22)25(32)30(26)15-17-6-4-5-7-23(17)33-2/h4-14H,3,15-16H2,1-2H3,(H,28,31). The average molecular weight is 554 g/mol. The molecule has 0 radical (unpaired) electrons. The lowest BCUT2D eigenvalue weighted by Gasteiger charge is -2.15. The summed E-state index contributed by atoms with van der Waals surface area (Å²) in [6, 6.07) is 20.1. The van der Waals surface area contributed by atoms with Gasteiger partial charge in [-0.1, -0.05) is 45.9 Å². The van der Waals surface area contributed by atoms with Crippen molar-refractivity contribution in [3.63, 3.8) is 0 Å². The summed E-state index contributed by atoms with van der Waals surface area (Å²) in [7, 11) is 1.60. The first-order valence-corrected chi connectivity index (χ1v) is 12.7. The smallest absolute Gasteiger partial charge is 0.262 e. The van der Waals surface area contributed by atoms with Crippen LogP contribution in [0.25, 0.3) is 10.9 Å². The van der Waals surface area contributed by atoms with Crippen molar-refractivity contribution in [2.45, 2.75) is 18.6 Å². The van der Waals surface area contributed by atoms with Gasteiger partial charge in [0.05, 0.1) is 36.9 Å². The number of amides is 1. The average Bonchev–Trinajstić information content (AvgIpc) is 2.86. The summed E-state index contributed by atoms with van der Waals surface area (Å²) in [5, 5.41) is 3.83. The summed E-state index contributed by atoms with van der Waals surface area (Å²) in [5.74, 6) is 1.31. The van der Waals surface area contributed by atoms with E-state index < -0.39 is 0 Å². The molecule has 0 aliphatic carbocycles. The summed E-state index contributed by atoms with van der Waals surface area (Å²) < 4.78 is 13.3. The lowest BCUT2D eigenvalue weighted by Crippen LogP contribution is -2.25. The maximum absolute atomic E-state index is 13.5. The highest BCUT2D eigenvalue weighted by Gasteiger charge is 2.16. The largest absolute Gasteiger partial charge is 0.496 e. The number of nitrogens with zero attached hydrogens (tertiary/aromatic N) is 2. The number of carbonyl (C=O) groups excluding carboxylic acids is 1. The summed E-state index contributed by atoms with van der Waals surface area (Å²) >= 11 is 4.65. The highest BCUT2D eigenvalue weighted by molar-refractivity contribution is 9.10. The summed E-state index contributed by atoms with van der Waals surface area (Å²) in [5.41, 5.74) is 1.90. The molecule has 180 valence electrons.